The smallest absolute Gasteiger partial charge is 0.0608 e. The van der Waals surface area contributed by atoms with E-state index in [4.69, 9.17) is 4.74 Å². The molecule has 0 aromatic heterocycles. The molecule has 2 aliphatic carbocycles. The number of hydrogen-bond acceptors (Lipinski definition) is 1. The van der Waals surface area contributed by atoms with Gasteiger partial charge in [0, 0.05) is 7.11 Å². The van der Waals surface area contributed by atoms with E-state index in [-0.39, 0.29) is 0 Å². The van der Waals surface area contributed by atoms with Crippen LogP contribution in [0, 0.1) is 11.8 Å². The molecule has 0 N–H and O–H groups in total. The lowest BCUT2D eigenvalue weighted by molar-refractivity contribution is 0.0647. The van der Waals surface area contributed by atoms with E-state index < -0.39 is 0 Å². The molecular weight excluding hydrogens is 136 g/mol. The second kappa shape index (κ2) is 2.63. The van der Waals surface area contributed by atoms with E-state index in [0.717, 1.165) is 11.8 Å². The molecule has 0 aliphatic heterocycles. The minimum Gasteiger partial charge on any atom is -0.381 e. The van der Waals surface area contributed by atoms with Crippen LogP contribution in [0.2, 0.25) is 0 Å². The van der Waals surface area contributed by atoms with Crippen molar-refractivity contribution in [2.24, 2.45) is 11.8 Å². The molecule has 3 atom stereocenters. The van der Waals surface area contributed by atoms with Gasteiger partial charge in [-0.3, -0.25) is 0 Å². The van der Waals surface area contributed by atoms with E-state index in [1.54, 1.807) is 5.57 Å². The van der Waals surface area contributed by atoms with E-state index in [0.29, 0.717) is 6.10 Å². The maximum atomic E-state index is 5.41. The van der Waals surface area contributed by atoms with Gasteiger partial charge < -0.3 is 4.74 Å². The molecule has 62 valence electrons. The monoisotopic (exact) mass is 152 g/mol. The molecule has 2 bridgehead atoms. The lowest BCUT2D eigenvalue weighted by atomic mass is 9.92. The zero-order valence-corrected chi connectivity index (χ0v) is 7.34. The second-order valence-electron chi connectivity index (χ2n) is 3.77. The lowest BCUT2D eigenvalue weighted by Crippen LogP contribution is -2.19. The average molecular weight is 152 g/mol. The van der Waals surface area contributed by atoms with Crippen molar-refractivity contribution in [3.05, 3.63) is 11.6 Å². The van der Waals surface area contributed by atoms with Gasteiger partial charge in [0.15, 0.2) is 0 Å². The van der Waals surface area contributed by atoms with Crippen LogP contribution in [0.15, 0.2) is 11.6 Å². The SMILES string of the molecule is CC=C1CC2CC1CC2OC. The Hall–Kier alpha value is -0.300. The van der Waals surface area contributed by atoms with Gasteiger partial charge in [-0.25, -0.2) is 0 Å². The van der Waals surface area contributed by atoms with Gasteiger partial charge in [-0.1, -0.05) is 11.6 Å². The molecule has 0 saturated heterocycles. The van der Waals surface area contributed by atoms with E-state index in [1.165, 1.54) is 19.3 Å². The van der Waals surface area contributed by atoms with E-state index >= 15 is 0 Å². The maximum absolute atomic E-state index is 5.41. The van der Waals surface area contributed by atoms with Crippen LogP contribution in [0.5, 0.6) is 0 Å². The first-order chi connectivity index (χ1) is 5.35. The molecule has 0 aromatic rings. The Morgan fingerprint density at radius 3 is 2.73 bits per heavy atom. The highest BCUT2D eigenvalue weighted by molar-refractivity contribution is 5.18. The lowest BCUT2D eigenvalue weighted by Gasteiger charge is -2.21. The van der Waals surface area contributed by atoms with E-state index in [1.807, 2.05) is 7.11 Å². The van der Waals surface area contributed by atoms with Gasteiger partial charge in [0.25, 0.3) is 0 Å². The molecule has 0 heterocycles. The van der Waals surface area contributed by atoms with Crippen LogP contribution in [-0.4, -0.2) is 13.2 Å². The fourth-order valence-corrected chi connectivity index (χ4v) is 2.72. The molecule has 1 heteroatoms. The zero-order chi connectivity index (χ0) is 7.84. The van der Waals surface area contributed by atoms with Crippen molar-refractivity contribution in [3.63, 3.8) is 0 Å². The van der Waals surface area contributed by atoms with Crippen molar-refractivity contribution in [2.75, 3.05) is 7.11 Å². The van der Waals surface area contributed by atoms with Crippen LogP contribution in [-0.2, 0) is 4.74 Å². The summed E-state index contributed by atoms with van der Waals surface area (Å²) < 4.78 is 5.41. The van der Waals surface area contributed by atoms with Crippen LogP contribution >= 0.6 is 0 Å². The fraction of sp³-hybridized carbons (Fsp3) is 0.800. The minimum absolute atomic E-state index is 0.573. The number of rotatable bonds is 1. The van der Waals surface area contributed by atoms with Gasteiger partial charge in [-0.2, -0.15) is 0 Å². The third kappa shape index (κ3) is 1.02. The van der Waals surface area contributed by atoms with Crippen LogP contribution in [0.1, 0.15) is 26.2 Å². The quantitative estimate of drug-likeness (QED) is 0.524. The summed E-state index contributed by atoms with van der Waals surface area (Å²) >= 11 is 0. The summed E-state index contributed by atoms with van der Waals surface area (Å²) in [5, 5.41) is 0. The first kappa shape index (κ1) is 7.35. The number of fused-ring (bicyclic) bond motifs is 2. The van der Waals surface area contributed by atoms with Gasteiger partial charge >= 0.3 is 0 Å². The Morgan fingerprint density at radius 2 is 2.27 bits per heavy atom. The summed E-state index contributed by atoms with van der Waals surface area (Å²) in [6.45, 7) is 2.16. The Kier molecular flexibility index (Phi) is 1.76. The fourth-order valence-electron chi connectivity index (χ4n) is 2.72. The Balaban J connectivity index is 2.08. The predicted molar refractivity (Wildman–Crippen MR) is 45.4 cm³/mol. The zero-order valence-electron chi connectivity index (χ0n) is 7.34. The van der Waals surface area contributed by atoms with Crippen molar-refractivity contribution in [1.82, 2.24) is 0 Å². The molecule has 3 unspecified atom stereocenters. The first-order valence-corrected chi connectivity index (χ1v) is 4.53. The number of ether oxygens (including phenoxy) is 1. The normalized spacial score (nSPS) is 45.6. The first-order valence-electron chi connectivity index (χ1n) is 4.53. The number of methoxy groups -OCH3 is 1. The molecule has 2 aliphatic rings. The Bertz CT molecular complexity index is 183. The molecule has 1 nitrogen and oxygen atoms in total. The number of hydrogen-bond donors (Lipinski definition) is 0. The molecule has 0 radical (unpaired) electrons. The summed E-state index contributed by atoms with van der Waals surface area (Å²) in [5.41, 5.74) is 1.68. The van der Waals surface area contributed by atoms with Crippen LogP contribution in [0.25, 0.3) is 0 Å². The van der Waals surface area contributed by atoms with Crippen LogP contribution < -0.4 is 0 Å². The summed E-state index contributed by atoms with van der Waals surface area (Å²) in [6.07, 6.45) is 6.85. The summed E-state index contributed by atoms with van der Waals surface area (Å²) in [5.74, 6) is 1.71. The van der Waals surface area contributed by atoms with Crippen molar-refractivity contribution >= 4 is 0 Å². The molecular formula is C10H16O. The molecule has 2 fully saturated rings. The maximum Gasteiger partial charge on any atom is 0.0608 e. The average Bonchev–Trinajstić information content (AvgIpc) is 2.60. The topological polar surface area (TPSA) is 9.23 Å². The molecule has 2 saturated carbocycles. The summed E-state index contributed by atoms with van der Waals surface area (Å²) in [7, 11) is 1.85. The number of allylic oxidation sites excluding steroid dienone is 2. The van der Waals surface area contributed by atoms with Gasteiger partial charge in [0.05, 0.1) is 6.10 Å². The molecule has 2 rings (SSSR count). The third-order valence-corrected chi connectivity index (χ3v) is 3.33. The van der Waals surface area contributed by atoms with Crippen LogP contribution in [0.4, 0.5) is 0 Å². The molecule has 0 spiro atoms. The molecule has 0 aromatic carbocycles. The van der Waals surface area contributed by atoms with Gasteiger partial charge in [-0.15, -0.1) is 0 Å². The van der Waals surface area contributed by atoms with Crippen LogP contribution in [0.3, 0.4) is 0 Å². The predicted octanol–water partition coefficient (Wildman–Crippen LogP) is 2.38. The second-order valence-corrected chi connectivity index (χ2v) is 3.77. The Labute approximate surface area is 68.4 Å². The van der Waals surface area contributed by atoms with Gasteiger partial charge in [0.2, 0.25) is 0 Å². The largest absolute Gasteiger partial charge is 0.381 e. The van der Waals surface area contributed by atoms with E-state index in [2.05, 4.69) is 13.0 Å². The van der Waals surface area contributed by atoms with Crippen molar-refractivity contribution in [2.45, 2.75) is 32.3 Å². The van der Waals surface area contributed by atoms with Gasteiger partial charge in [-0.05, 0) is 38.0 Å². The summed E-state index contributed by atoms with van der Waals surface area (Å²) in [4.78, 5) is 0. The summed E-state index contributed by atoms with van der Waals surface area (Å²) in [6, 6.07) is 0. The minimum atomic E-state index is 0.573. The van der Waals surface area contributed by atoms with E-state index in [9.17, 15) is 0 Å². The third-order valence-electron chi connectivity index (χ3n) is 3.33. The standard InChI is InChI=1S/C10H16O/c1-3-7-4-9-5-8(7)6-10(9)11-2/h3,8-10H,4-6H2,1-2H3. The van der Waals surface area contributed by atoms with Crippen molar-refractivity contribution in [1.29, 1.82) is 0 Å². The van der Waals surface area contributed by atoms with Crippen molar-refractivity contribution < 1.29 is 4.74 Å². The highest BCUT2D eigenvalue weighted by atomic mass is 16.5. The Morgan fingerprint density at radius 1 is 1.45 bits per heavy atom. The van der Waals surface area contributed by atoms with Gasteiger partial charge in [0.1, 0.15) is 0 Å². The molecule has 0 amide bonds. The molecule has 11 heavy (non-hydrogen) atoms. The highest BCUT2D eigenvalue weighted by Crippen LogP contribution is 2.48. The highest BCUT2D eigenvalue weighted by Gasteiger charge is 2.42. The van der Waals surface area contributed by atoms with Crippen molar-refractivity contribution in [3.8, 4) is 0 Å².